The van der Waals surface area contributed by atoms with Gasteiger partial charge in [0.2, 0.25) is 0 Å². The molecule has 0 heterocycles. The molecule has 3 aromatic rings. The van der Waals surface area contributed by atoms with Crippen LogP contribution in [0, 0.1) is 0 Å². The Balaban J connectivity index is 2.14. The SMILES string of the molecule is C/C=C\CC1=C(C)C(c2ccccc2)(c2ccccc2)c2c(N)cccc21. The molecule has 1 nitrogen and oxygen atoms in total. The van der Waals surface area contributed by atoms with E-state index < -0.39 is 0 Å². The molecule has 2 N–H and O–H groups in total. The maximum absolute atomic E-state index is 6.63. The van der Waals surface area contributed by atoms with E-state index >= 15 is 0 Å². The third-order valence-corrected chi connectivity index (χ3v) is 5.78. The predicted molar refractivity (Wildman–Crippen MR) is 116 cm³/mol. The first-order chi connectivity index (χ1) is 13.2. The van der Waals surface area contributed by atoms with E-state index in [4.69, 9.17) is 5.73 Å². The minimum atomic E-state index is -0.347. The van der Waals surface area contributed by atoms with Crippen LogP contribution in [0.5, 0.6) is 0 Å². The van der Waals surface area contributed by atoms with Gasteiger partial charge in [-0.15, -0.1) is 0 Å². The molecule has 1 aliphatic rings. The Bertz CT molecular complexity index is 971. The van der Waals surface area contributed by atoms with E-state index in [0.29, 0.717) is 0 Å². The highest BCUT2D eigenvalue weighted by molar-refractivity contribution is 5.89. The van der Waals surface area contributed by atoms with Gasteiger partial charge in [-0.1, -0.05) is 84.9 Å². The minimum Gasteiger partial charge on any atom is -0.398 e. The van der Waals surface area contributed by atoms with Crippen molar-refractivity contribution in [3.05, 3.63) is 119 Å². The van der Waals surface area contributed by atoms with Gasteiger partial charge in [0.25, 0.3) is 0 Å². The Morgan fingerprint density at radius 2 is 1.41 bits per heavy atom. The number of hydrogen-bond acceptors (Lipinski definition) is 1. The van der Waals surface area contributed by atoms with Gasteiger partial charge in [0.15, 0.2) is 0 Å². The Morgan fingerprint density at radius 3 is 1.96 bits per heavy atom. The lowest BCUT2D eigenvalue weighted by atomic mass is 9.67. The predicted octanol–water partition coefficient (Wildman–Crippen LogP) is 6.36. The molecule has 0 amide bonds. The number of fused-ring (bicyclic) bond motifs is 1. The summed E-state index contributed by atoms with van der Waals surface area (Å²) in [6, 6.07) is 27.9. The standard InChI is InChI=1S/C26H25N/c1-3-4-16-22-19(2)26(20-12-7-5-8-13-20,21-14-9-6-10-15-21)25-23(22)17-11-18-24(25)27/h3-15,17-18H,16,27H2,1-2H3/b4-3-. The van der Waals surface area contributed by atoms with E-state index in [-0.39, 0.29) is 5.41 Å². The second kappa shape index (κ2) is 6.92. The van der Waals surface area contributed by atoms with Crippen molar-refractivity contribution in [3.63, 3.8) is 0 Å². The third-order valence-electron chi connectivity index (χ3n) is 5.78. The third kappa shape index (κ3) is 2.54. The largest absolute Gasteiger partial charge is 0.398 e. The van der Waals surface area contributed by atoms with Crippen LogP contribution in [0.2, 0.25) is 0 Å². The zero-order valence-corrected chi connectivity index (χ0v) is 15.9. The molecule has 3 aromatic carbocycles. The quantitative estimate of drug-likeness (QED) is 0.430. The van der Waals surface area contributed by atoms with Gasteiger partial charge in [0, 0.05) is 11.3 Å². The van der Waals surface area contributed by atoms with Crippen LogP contribution >= 0.6 is 0 Å². The molecule has 0 aliphatic heterocycles. The van der Waals surface area contributed by atoms with Crippen LogP contribution in [0.15, 0.2) is 96.6 Å². The smallest absolute Gasteiger partial charge is 0.0690 e. The molecule has 1 aliphatic carbocycles. The lowest BCUT2D eigenvalue weighted by Gasteiger charge is -2.35. The van der Waals surface area contributed by atoms with Crippen LogP contribution < -0.4 is 5.73 Å². The highest BCUT2D eigenvalue weighted by Crippen LogP contribution is 2.56. The molecule has 27 heavy (non-hydrogen) atoms. The summed E-state index contributed by atoms with van der Waals surface area (Å²) in [5.41, 5.74) is 14.9. The van der Waals surface area contributed by atoms with Crippen LogP contribution in [0.1, 0.15) is 42.5 Å². The maximum atomic E-state index is 6.63. The number of rotatable bonds is 4. The van der Waals surface area contributed by atoms with Crippen molar-refractivity contribution in [3.8, 4) is 0 Å². The van der Waals surface area contributed by atoms with Gasteiger partial charge in [0.1, 0.15) is 0 Å². The Hall–Kier alpha value is -3.06. The van der Waals surface area contributed by atoms with Crippen molar-refractivity contribution in [2.24, 2.45) is 0 Å². The fraction of sp³-hybridized carbons (Fsp3) is 0.154. The van der Waals surface area contributed by atoms with E-state index in [1.807, 2.05) is 6.07 Å². The normalized spacial score (nSPS) is 15.3. The monoisotopic (exact) mass is 351 g/mol. The summed E-state index contributed by atoms with van der Waals surface area (Å²) in [6.07, 6.45) is 5.27. The van der Waals surface area contributed by atoms with Gasteiger partial charge < -0.3 is 5.73 Å². The number of nitrogens with two attached hydrogens (primary N) is 1. The maximum Gasteiger partial charge on any atom is 0.0690 e. The first-order valence-corrected chi connectivity index (χ1v) is 9.53. The fourth-order valence-corrected chi connectivity index (χ4v) is 4.62. The first kappa shape index (κ1) is 17.4. The van der Waals surface area contributed by atoms with Crippen LogP contribution in [0.3, 0.4) is 0 Å². The van der Waals surface area contributed by atoms with Crippen LogP contribution in [-0.2, 0) is 5.41 Å². The van der Waals surface area contributed by atoms with Crippen molar-refractivity contribution in [2.45, 2.75) is 25.7 Å². The Kier molecular flexibility index (Phi) is 4.45. The first-order valence-electron chi connectivity index (χ1n) is 9.53. The van der Waals surface area contributed by atoms with Gasteiger partial charge >= 0.3 is 0 Å². The summed E-state index contributed by atoms with van der Waals surface area (Å²) in [7, 11) is 0. The number of anilines is 1. The average Bonchev–Trinajstić information content (AvgIpc) is 2.97. The molecule has 0 aromatic heterocycles. The number of benzene rings is 3. The van der Waals surface area contributed by atoms with E-state index in [1.54, 1.807) is 0 Å². The second-order valence-electron chi connectivity index (χ2n) is 7.13. The van der Waals surface area contributed by atoms with Crippen molar-refractivity contribution >= 4 is 11.3 Å². The molecule has 0 saturated heterocycles. The van der Waals surface area contributed by atoms with E-state index in [2.05, 4.69) is 98.8 Å². The van der Waals surface area contributed by atoms with E-state index in [9.17, 15) is 0 Å². The molecule has 0 saturated carbocycles. The van der Waals surface area contributed by atoms with Crippen molar-refractivity contribution < 1.29 is 0 Å². The zero-order valence-electron chi connectivity index (χ0n) is 15.9. The molecular weight excluding hydrogens is 326 g/mol. The second-order valence-corrected chi connectivity index (χ2v) is 7.13. The molecule has 134 valence electrons. The van der Waals surface area contributed by atoms with Crippen LogP contribution in [-0.4, -0.2) is 0 Å². The van der Waals surface area contributed by atoms with Crippen molar-refractivity contribution in [1.29, 1.82) is 0 Å². The minimum absolute atomic E-state index is 0.347. The number of allylic oxidation sites excluding steroid dienone is 4. The summed E-state index contributed by atoms with van der Waals surface area (Å²) in [4.78, 5) is 0. The molecule has 0 radical (unpaired) electrons. The molecule has 0 unspecified atom stereocenters. The molecule has 1 heteroatoms. The van der Waals surface area contributed by atoms with Crippen molar-refractivity contribution in [2.75, 3.05) is 5.73 Å². The molecule has 0 bridgehead atoms. The molecule has 0 spiro atoms. The Labute approximate surface area is 161 Å². The van der Waals surface area contributed by atoms with Gasteiger partial charge in [-0.2, -0.15) is 0 Å². The summed E-state index contributed by atoms with van der Waals surface area (Å²) in [6.45, 7) is 4.35. The van der Waals surface area contributed by atoms with Crippen molar-refractivity contribution in [1.82, 2.24) is 0 Å². The fourth-order valence-electron chi connectivity index (χ4n) is 4.62. The number of nitrogen functional groups attached to an aromatic ring is 1. The molecule has 0 fully saturated rings. The lowest BCUT2D eigenvalue weighted by Crippen LogP contribution is -2.29. The van der Waals surface area contributed by atoms with Gasteiger partial charge in [-0.05, 0) is 54.2 Å². The van der Waals surface area contributed by atoms with Crippen LogP contribution in [0.4, 0.5) is 5.69 Å². The average molecular weight is 351 g/mol. The van der Waals surface area contributed by atoms with Crippen LogP contribution in [0.25, 0.3) is 5.57 Å². The highest BCUT2D eigenvalue weighted by Gasteiger charge is 2.46. The summed E-state index contributed by atoms with van der Waals surface area (Å²) < 4.78 is 0. The summed E-state index contributed by atoms with van der Waals surface area (Å²) >= 11 is 0. The van der Waals surface area contributed by atoms with Gasteiger partial charge in [0.05, 0.1) is 5.41 Å². The lowest BCUT2D eigenvalue weighted by molar-refractivity contribution is 0.745. The molecule has 4 rings (SSSR count). The van der Waals surface area contributed by atoms with E-state index in [1.165, 1.54) is 33.4 Å². The highest BCUT2D eigenvalue weighted by atomic mass is 14.6. The van der Waals surface area contributed by atoms with E-state index in [0.717, 1.165) is 12.1 Å². The summed E-state index contributed by atoms with van der Waals surface area (Å²) in [5.74, 6) is 0. The topological polar surface area (TPSA) is 26.0 Å². The zero-order chi connectivity index (χ0) is 18.9. The molecule has 0 atom stereocenters. The molecular formula is C26H25N. The van der Waals surface area contributed by atoms with Gasteiger partial charge in [-0.3, -0.25) is 0 Å². The van der Waals surface area contributed by atoms with Gasteiger partial charge in [-0.25, -0.2) is 0 Å². The Morgan fingerprint density at radius 1 is 0.815 bits per heavy atom. The number of hydrogen-bond donors (Lipinski definition) is 1. The summed E-state index contributed by atoms with van der Waals surface area (Å²) in [5, 5.41) is 0.